The zero-order valence-electron chi connectivity index (χ0n) is 18.8. The second-order valence-electron chi connectivity index (χ2n) is 8.77. The maximum Gasteiger partial charge on any atom is 0.416 e. The predicted molar refractivity (Wildman–Crippen MR) is 119 cm³/mol. The number of carbonyl (C=O) groups excluding carboxylic acids is 2. The van der Waals surface area contributed by atoms with Crippen molar-refractivity contribution in [2.45, 2.75) is 56.7 Å². The molecule has 0 saturated heterocycles. The number of hydrogen-bond acceptors (Lipinski definition) is 4. The van der Waals surface area contributed by atoms with E-state index in [0.29, 0.717) is 42.3 Å². The Morgan fingerprint density at radius 2 is 1.91 bits per heavy atom. The number of fused-ring (bicyclic) bond motifs is 1. The van der Waals surface area contributed by atoms with Crippen LogP contribution in [0.15, 0.2) is 48.8 Å². The van der Waals surface area contributed by atoms with Gasteiger partial charge < -0.3 is 10.1 Å². The molecule has 3 aromatic rings. The van der Waals surface area contributed by atoms with Crippen LogP contribution in [-0.2, 0) is 22.1 Å². The number of aromatic nitrogens is 2. The van der Waals surface area contributed by atoms with E-state index in [-0.39, 0.29) is 17.4 Å². The summed E-state index contributed by atoms with van der Waals surface area (Å²) in [6, 6.07) is 8.67. The molecule has 9 heteroatoms. The summed E-state index contributed by atoms with van der Waals surface area (Å²) in [6.45, 7) is 0. The monoisotopic (exact) mass is 473 g/mol. The first-order valence-corrected chi connectivity index (χ1v) is 11.2. The zero-order chi connectivity index (χ0) is 24.3. The van der Waals surface area contributed by atoms with Gasteiger partial charge in [-0.2, -0.15) is 18.3 Å². The van der Waals surface area contributed by atoms with Gasteiger partial charge in [-0.1, -0.05) is 18.2 Å². The zero-order valence-corrected chi connectivity index (χ0v) is 18.8. The topological polar surface area (TPSA) is 72.7 Å². The van der Waals surface area contributed by atoms with Crippen molar-refractivity contribution >= 4 is 17.4 Å². The fourth-order valence-corrected chi connectivity index (χ4v) is 4.48. The second kappa shape index (κ2) is 9.48. The Labute approximate surface area is 195 Å². The minimum absolute atomic E-state index is 0.243. The number of rotatable bonds is 8. The lowest BCUT2D eigenvalue weighted by atomic mass is 9.73. The smallest absolute Gasteiger partial charge is 0.416 e. The lowest BCUT2D eigenvalue weighted by molar-refractivity contribution is -0.141. The molecule has 1 fully saturated rings. The van der Waals surface area contributed by atoms with Gasteiger partial charge >= 0.3 is 12.1 Å². The van der Waals surface area contributed by atoms with Crippen LogP contribution >= 0.6 is 0 Å². The highest BCUT2D eigenvalue weighted by Gasteiger charge is 2.38. The van der Waals surface area contributed by atoms with Gasteiger partial charge in [0.1, 0.15) is 0 Å². The summed E-state index contributed by atoms with van der Waals surface area (Å²) in [7, 11) is 1.36. The number of halogens is 3. The molecule has 0 aliphatic heterocycles. The number of benzene rings is 1. The first kappa shape index (κ1) is 23.8. The van der Waals surface area contributed by atoms with Crippen molar-refractivity contribution in [1.82, 2.24) is 14.9 Å². The van der Waals surface area contributed by atoms with Crippen LogP contribution in [0.5, 0.6) is 0 Å². The van der Waals surface area contributed by atoms with E-state index in [4.69, 9.17) is 4.74 Å². The number of alkyl halides is 3. The van der Waals surface area contributed by atoms with Crippen LogP contribution in [0.25, 0.3) is 5.52 Å². The quantitative estimate of drug-likeness (QED) is 0.471. The highest BCUT2D eigenvalue weighted by molar-refractivity contribution is 6.01. The number of ether oxygens (including phenoxy) is 1. The lowest BCUT2D eigenvalue weighted by Gasteiger charge is -2.42. The Morgan fingerprint density at radius 1 is 1.18 bits per heavy atom. The van der Waals surface area contributed by atoms with Crippen LogP contribution in [0.1, 0.15) is 65.6 Å². The van der Waals surface area contributed by atoms with Crippen molar-refractivity contribution in [2.24, 2.45) is 0 Å². The Bertz CT molecular complexity index is 1180. The van der Waals surface area contributed by atoms with Gasteiger partial charge in [0.15, 0.2) is 0 Å². The summed E-state index contributed by atoms with van der Waals surface area (Å²) in [4.78, 5) is 24.7. The standard InChI is InChI=1S/C25H26F3N3O3/c1-34-21(32)6-2-11-24(12-4-13-24)30-23(33)20-16-29-31-14-3-5-18(22(20)31)15-17-7-9-19(10-8-17)25(26,27)28/h3,5,7-10,14,16H,2,4,6,11-13,15H2,1H3,(H,30,33). The Kier molecular flexibility index (Phi) is 6.63. The minimum atomic E-state index is -4.39. The van der Waals surface area contributed by atoms with Gasteiger partial charge in [0.2, 0.25) is 0 Å². The number of hydrogen-bond donors (Lipinski definition) is 1. The molecular formula is C25H26F3N3O3. The summed E-state index contributed by atoms with van der Waals surface area (Å²) >= 11 is 0. The maximum atomic E-state index is 13.3. The Morgan fingerprint density at radius 3 is 2.53 bits per heavy atom. The highest BCUT2D eigenvalue weighted by Crippen LogP contribution is 2.37. The van der Waals surface area contributed by atoms with E-state index in [1.54, 1.807) is 16.8 Å². The normalized spacial score (nSPS) is 15.1. The summed E-state index contributed by atoms with van der Waals surface area (Å²) in [5.41, 5.74) is 1.50. The molecule has 1 N–H and O–H groups in total. The third kappa shape index (κ3) is 5.08. The van der Waals surface area contributed by atoms with E-state index < -0.39 is 11.7 Å². The van der Waals surface area contributed by atoms with Gasteiger partial charge in [0.05, 0.1) is 30.0 Å². The van der Waals surface area contributed by atoms with Gasteiger partial charge in [0.25, 0.3) is 5.91 Å². The molecule has 1 aliphatic carbocycles. The summed E-state index contributed by atoms with van der Waals surface area (Å²) in [5.74, 6) is -0.510. The van der Waals surface area contributed by atoms with Crippen LogP contribution < -0.4 is 5.32 Å². The summed E-state index contributed by atoms with van der Waals surface area (Å²) in [6.07, 6.45) is 3.54. The van der Waals surface area contributed by atoms with E-state index in [0.717, 1.165) is 37.0 Å². The molecule has 34 heavy (non-hydrogen) atoms. The first-order valence-electron chi connectivity index (χ1n) is 11.2. The lowest BCUT2D eigenvalue weighted by Crippen LogP contribution is -2.53. The summed E-state index contributed by atoms with van der Waals surface area (Å²) in [5, 5.41) is 7.47. The van der Waals surface area contributed by atoms with Gasteiger partial charge in [-0.25, -0.2) is 4.52 Å². The SMILES string of the molecule is COC(=O)CCCC1(NC(=O)c2cnn3cccc(Cc4ccc(C(F)(F)F)cc4)c23)CCC1. The van der Waals surface area contributed by atoms with Crippen LogP contribution in [0.3, 0.4) is 0 Å². The third-order valence-electron chi connectivity index (χ3n) is 6.50. The molecule has 6 nitrogen and oxygen atoms in total. The van der Waals surface area contributed by atoms with Crippen LogP contribution in [0, 0.1) is 0 Å². The molecule has 0 radical (unpaired) electrons. The Balaban J connectivity index is 1.53. The van der Waals surface area contributed by atoms with Crippen LogP contribution in [0.4, 0.5) is 13.2 Å². The van der Waals surface area contributed by atoms with Gasteiger partial charge in [0, 0.05) is 18.2 Å². The Hall–Kier alpha value is -3.36. The number of carbonyl (C=O) groups is 2. The van der Waals surface area contributed by atoms with Gasteiger partial charge in [-0.3, -0.25) is 9.59 Å². The highest BCUT2D eigenvalue weighted by atomic mass is 19.4. The van der Waals surface area contributed by atoms with E-state index >= 15 is 0 Å². The molecule has 0 bridgehead atoms. The van der Waals surface area contributed by atoms with E-state index in [2.05, 4.69) is 10.4 Å². The number of nitrogens with one attached hydrogen (secondary N) is 1. The number of nitrogens with zero attached hydrogens (tertiary/aromatic N) is 2. The van der Waals surface area contributed by atoms with E-state index in [1.165, 1.54) is 25.4 Å². The molecule has 0 spiro atoms. The van der Waals surface area contributed by atoms with E-state index in [1.807, 2.05) is 6.07 Å². The fraction of sp³-hybridized carbons (Fsp3) is 0.400. The van der Waals surface area contributed by atoms with Crippen molar-refractivity contribution in [3.05, 3.63) is 71.0 Å². The molecule has 180 valence electrons. The molecule has 1 aliphatic rings. The summed E-state index contributed by atoms with van der Waals surface area (Å²) < 4.78 is 44.9. The fourth-order valence-electron chi connectivity index (χ4n) is 4.48. The molecule has 0 unspecified atom stereocenters. The number of methoxy groups -OCH3 is 1. The van der Waals surface area contributed by atoms with Gasteiger partial charge in [-0.15, -0.1) is 0 Å². The third-order valence-corrected chi connectivity index (χ3v) is 6.50. The average Bonchev–Trinajstić information content (AvgIpc) is 3.22. The van der Waals surface area contributed by atoms with Crippen LogP contribution in [-0.4, -0.2) is 34.1 Å². The average molecular weight is 473 g/mol. The first-order chi connectivity index (χ1) is 16.2. The molecule has 0 atom stereocenters. The molecule has 2 aromatic heterocycles. The molecule has 1 saturated carbocycles. The molecule has 1 amide bonds. The molecule has 4 rings (SSSR count). The van der Waals surface area contributed by atoms with Crippen LogP contribution in [0.2, 0.25) is 0 Å². The molecular weight excluding hydrogens is 447 g/mol. The number of amides is 1. The van der Waals surface area contributed by atoms with Crippen molar-refractivity contribution in [2.75, 3.05) is 7.11 Å². The van der Waals surface area contributed by atoms with Gasteiger partial charge in [-0.05, 0) is 67.9 Å². The van der Waals surface area contributed by atoms with Crippen molar-refractivity contribution in [1.29, 1.82) is 0 Å². The minimum Gasteiger partial charge on any atom is -0.469 e. The number of pyridine rings is 1. The van der Waals surface area contributed by atoms with Crippen molar-refractivity contribution in [3.8, 4) is 0 Å². The van der Waals surface area contributed by atoms with Crippen molar-refractivity contribution < 1.29 is 27.5 Å². The maximum absolute atomic E-state index is 13.3. The predicted octanol–water partition coefficient (Wildman–Crippen LogP) is 4.94. The van der Waals surface area contributed by atoms with Crippen molar-refractivity contribution in [3.63, 3.8) is 0 Å². The number of esters is 1. The van der Waals surface area contributed by atoms with E-state index in [9.17, 15) is 22.8 Å². The second-order valence-corrected chi connectivity index (χ2v) is 8.77. The molecule has 1 aromatic carbocycles. The largest absolute Gasteiger partial charge is 0.469 e. The molecule has 2 heterocycles.